The number of amides is 1. The quantitative estimate of drug-likeness (QED) is 0.401. The summed E-state index contributed by atoms with van der Waals surface area (Å²) in [6.07, 6.45) is 0. The molecule has 1 amide bonds. The lowest BCUT2D eigenvalue weighted by molar-refractivity contribution is 0.0998. The first-order chi connectivity index (χ1) is 12.3. The van der Waals surface area contributed by atoms with E-state index < -0.39 is 28.3 Å². The molecule has 9 heteroatoms. The second kappa shape index (κ2) is 6.49. The number of benzene rings is 2. The Balaban J connectivity index is 2.01. The molecule has 0 bridgehead atoms. The molecule has 132 valence electrons. The number of primary amides is 1. The zero-order valence-electron chi connectivity index (χ0n) is 13.0. The fraction of sp³-hybridized carbons (Fsp3) is 0. The molecule has 3 aromatic rings. The van der Waals surface area contributed by atoms with Crippen molar-refractivity contribution in [1.82, 2.24) is 0 Å². The number of halogens is 2. The summed E-state index contributed by atoms with van der Waals surface area (Å²) in [4.78, 5) is 35.0. The van der Waals surface area contributed by atoms with Gasteiger partial charge in [0.25, 0.3) is 16.8 Å². The van der Waals surface area contributed by atoms with Gasteiger partial charge in [-0.2, -0.15) is 0 Å². The topological polar surface area (TPSA) is 122 Å². The Morgan fingerprint density at radius 1 is 1.00 bits per heavy atom. The zero-order chi connectivity index (χ0) is 19.0. The zero-order valence-corrected chi connectivity index (χ0v) is 13.7. The van der Waals surface area contributed by atoms with Crippen molar-refractivity contribution in [2.45, 2.75) is 0 Å². The van der Waals surface area contributed by atoms with E-state index in [9.17, 15) is 23.9 Å². The number of anilines is 4. The molecule has 0 radical (unpaired) electrons. The van der Waals surface area contributed by atoms with Crippen LogP contribution in [0.15, 0.2) is 46.0 Å². The third-order valence-corrected chi connectivity index (χ3v) is 4.00. The average Bonchev–Trinajstić information content (AvgIpc) is 2.61. The number of nitrogens with one attached hydrogen (secondary N) is 2. The van der Waals surface area contributed by atoms with E-state index in [0.29, 0.717) is 0 Å². The van der Waals surface area contributed by atoms with Crippen molar-refractivity contribution in [2.75, 3.05) is 10.6 Å². The fourth-order valence-corrected chi connectivity index (χ4v) is 2.54. The second-order valence-corrected chi connectivity index (χ2v) is 5.73. The molecule has 0 unspecified atom stereocenters. The smallest absolute Gasteiger partial charge is 0.253 e. The highest BCUT2D eigenvalue weighted by Gasteiger charge is 2.25. The molecule has 0 saturated carbocycles. The number of hydrogen-bond acceptors (Lipinski definition) is 6. The van der Waals surface area contributed by atoms with Gasteiger partial charge in [0.2, 0.25) is 0 Å². The molecule has 0 aromatic heterocycles. The van der Waals surface area contributed by atoms with Gasteiger partial charge in [-0.1, -0.05) is 23.7 Å². The van der Waals surface area contributed by atoms with Crippen molar-refractivity contribution in [1.29, 1.82) is 0 Å². The molecule has 26 heavy (non-hydrogen) atoms. The van der Waals surface area contributed by atoms with Crippen LogP contribution in [0.25, 0.3) is 0 Å². The van der Waals surface area contributed by atoms with E-state index in [2.05, 4.69) is 10.6 Å². The number of rotatable bonds is 5. The maximum atomic E-state index is 13.7. The van der Waals surface area contributed by atoms with Crippen molar-refractivity contribution >= 4 is 40.3 Å². The van der Waals surface area contributed by atoms with Crippen LogP contribution in [-0.2, 0) is 0 Å². The Kier molecular flexibility index (Phi) is 4.35. The number of aromatic hydroxyl groups is 1. The first-order valence-corrected chi connectivity index (χ1v) is 7.62. The monoisotopic (exact) mass is 375 g/mol. The summed E-state index contributed by atoms with van der Waals surface area (Å²) in [5, 5.41) is 15.2. The molecule has 0 saturated heterocycles. The first-order valence-electron chi connectivity index (χ1n) is 7.24. The molecule has 3 rings (SSSR count). The molecule has 0 heterocycles. The number of carbonyl (C=O) groups is 1. The summed E-state index contributed by atoms with van der Waals surface area (Å²) in [5.41, 5.74) is 2.57. The van der Waals surface area contributed by atoms with Crippen molar-refractivity contribution < 1.29 is 14.3 Å². The van der Waals surface area contributed by atoms with Crippen molar-refractivity contribution in [2.24, 2.45) is 5.73 Å². The minimum absolute atomic E-state index is 0.0103. The van der Waals surface area contributed by atoms with Crippen LogP contribution in [0.5, 0.6) is 5.75 Å². The maximum Gasteiger partial charge on any atom is 0.253 e. The average molecular weight is 376 g/mol. The van der Waals surface area contributed by atoms with Gasteiger partial charge < -0.3 is 21.5 Å². The third kappa shape index (κ3) is 2.86. The molecule has 5 N–H and O–H groups in total. The van der Waals surface area contributed by atoms with E-state index >= 15 is 0 Å². The van der Waals surface area contributed by atoms with Crippen LogP contribution in [0.4, 0.5) is 27.1 Å². The Morgan fingerprint density at radius 3 is 2.23 bits per heavy atom. The lowest BCUT2D eigenvalue weighted by atomic mass is 10.1. The van der Waals surface area contributed by atoms with Crippen molar-refractivity contribution in [3.8, 4) is 5.75 Å². The molecule has 0 aliphatic rings. The maximum absolute atomic E-state index is 13.7. The predicted octanol–water partition coefficient (Wildman–Crippen LogP) is 2.37. The molecule has 0 spiro atoms. The minimum Gasteiger partial charge on any atom is -0.505 e. The van der Waals surface area contributed by atoms with Crippen LogP contribution in [-0.4, -0.2) is 11.0 Å². The molecular formula is C17H11ClFN3O4. The summed E-state index contributed by atoms with van der Waals surface area (Å²) in [7, 11) is 0. The van der Waals surface area contributed by atoms with E-state index in [-0.39, 0.29) is 33.3 Å². The summed E-state index contributed by atoms with van der Waals surface area (Å²) >= 11 is 5.97. The highest BCUT2D eigenvalue weighted by molar-refractivity contribution is 6.34. The predicted molar refractivity (Wildman–Crippen MR) is 96.0 cm³/mol. The SMILES string of the molecule is NC(=O)c1ccc(Cl)c(Nc2c(Nc3ccccc3F)c(=O)c2=O)c1O. The highest BCUT2D eigenvalue weighted by atomic mass is 35.5. The van der Waals surface area contributed by atoms with Gasteiger partial charge in [-0.05, 0) is 24.3 Å². The second-order valence-electron chi connectivity index (χ2n) is 5.32. The molecule has 0 fully saturated rings. The number of carbonyl (C=O) groups excluding carboxylic acids is 1. The van der Waals surface area contributed by atoms with Gasteiger partial charge in [0.15, 0.2) is 5.75 Å². The van der Waals surface area contributed by atoms with E-state index in [1.165, 1.54) is 30.3 Å². The number of phenols is 1. The van der Waals surface area contributed by atoms with Gasteiger partial charge in [-0.25, -0.2) is 4.39 Å². The molecule has 0 atom stereocenters. The summed E-state index contributed by atoms with van der Waals surface area (Å²) in [5.74, 6) is -2.10. The van der Waals surface area contributed by atoms with Crippen LogP contribution >= 0.6 is 11.6 Å². The number of para-hydroxylation sites is 1. The van der Waals surface area contributed by atoms with E-state index in [1.54, 1.807) is 6.07 Å². The van der Waals surface area contributed by atoms with Crippen LogP contribution in [0.1, 0.15) is 10.4 Å². The minimum atomic E-state index is -0.906. The lowest BCUT2D eigenvalue weighted by Crippen LogP contribution is -2.36. The number of nitrogens with two attached hydrogens (primary N) is 1. The van der Waals surface area contributed by atoms with Crippen LogP contribution in [0, 0.1) is 5.82 Å². The van der Waals surface area contributed by atoms with E-state index in [0.717, 1.165) is 0 Å². The van der Waals surface area contributed by atoms with E-state index in [4.69, 9.17) is 17.3 Å². The van der Waals surface area contributed by atoms with Gasteiger partial charge in [0.1, 0.15) is 22.9 Å². The summed E-state index contributed by atoms with van der Waals surface area (Å²) in [6.45, 7) is 0. The van der Waals surface area contributed by atoms with E-state index in [1.807, 2.05) is 0 Å². The van der Waals surface area contributed by atoms with Gasteiger partial charge >= 0.3 is 0 Å². The largest absolute Gasteiger partial charge is 0.505 e. The van der Waals surface area contributed by atoms with Crippen LogP contribution < -0.4 is 27.2 Å². The van der Waals surface area contributed by atoms with Crippen LogP contribution in [0.2, 0.25) is 5.02 Å². The Bertz CT molecular complexity index is 1110. The molecule has 0 aliphatic carbocycles. The first kappa shape index (κ1) is 17.4. The molecule has 3 aromatic carbocycles. The standard InChI is InChI=1S/C17H11ClFN3O4/c18-8-6-5-7(17(20)26)14(23)11(8)22-13-12(15(24)16(13)25)21-10-4-2-1-3-9(10)19/h1-6,21-23H,(H2,20,26). The molecule has 7 nitrogen and oxygen atoms in total. The third-order valence-electron chi connectivity index (χ3n) is 3.69. The van der Waals surface area contributed by atoms with Crippen LogP contribution in [0.3, 0.4) is 0 Å². The Morgan fingerprint density at radius 2 is 1.62 bits per heavy atom. The van der Waals surface area contributed by atoms with Gasteiger partial charge in [-0.15, -0.1) is 0 Å². The molecule has 0 aliphatic heterocycles. The van der Waals surface area contributed by atoms with Crippen molar-refractivity contribution in [3.05, 3.63) is 73.2 Å². The van der Waals surface area contributed by atoms with Gasteiger partial charge in [0.05, 0.1) is 16.3 Å². The normalized spacial score (nSPS) is 10.7. The van der Waals surface area contributed by atoms with Gasteiger partial charge in [0, 0.05) is 0 Å². The Hall–Kier alpha value is -3.39. The summed E-state index contributed by atoms with van der Waals surface area (Å²) in [6, 6.07) is 8.08. The number of hydrogen-bond donors (Lipinski definition) is 4. The molecular weight excluding hydrogens is 365 g/mol. The van der Waals surface area contributed by atoms with Gasteiger partial charge in [-0.3, -0.25) is 14.4 Å². The highest BCUT2D eigenvalue weighted by Crippen LogP contribution is 2.37. The van der Waals surface area contributed by atoms with Crippen molar-refractivity contribution in [3.63, 3.8) is 0 Å². The Labute approximate surface area is 150 Å². The lowest BCUT2D eigenvalue weighted by Gasteiger charge is -2.17. The summed E-state index contributed by atoms with van der Waals surface area (Å²) < 4.78 is 13.7. The fourth-order valence-electron chi connectivity index (χ4n) is 2.34.